The molecular weight excluding hydrogens is 398 g/mol. The summed E-state index contributed by atoms with van der Waals surface area (Å²) in [6.07, 6.45) is 0. The monoisotopic (exact) mass is 415 g/mol. The number of azo groups is 1. The molecule has 0 radical (unpaired) electrons. The van der Waals surface area contributed by atoms with E-state index in [0.717, 1.165) is 10.9 Å². The van der Waals surface area contributed by atoms with Gasteiger partial charge in [-0.05, 0) is 48.2 Å². The van der Waals surface area contributed by atoms with Crippen molar-refractivity contribution in [3.63, 3.8) is 0 Å². The second-order valence-electron chi connectivity index (χ2n) is 6.80. The van der Waals surface area contributed by atoms with Gasteiger partial charge < -0.3 is 10.4 Å². The number of rotatable bonds is 4. The van der Waals surface area contributed by atoms with E-state index in [1.54, 1.807) is 30.3 Å². The Morgan fingerprint density at radius 3 is 2.43 bits per heavy atom. The number of carbonyl (C=O) groups excluding carboxylic acids is 1. The average molecular weight is 416 g/mol. The fraction of sp³-hybridized carbons (Fsp3) is 0.0417. The molecule has 30 heavy (non-hydrogen) atoms. The number of aryl methyl sites for hydroxylation is 1. The van der Waals surface area contributed by atoms with Crippen LogP contribution in [0, 0.1) is 6.92 Å². The normalized spacial score (nSPS) is 11.1. The van der Waals surface area contributed by atoms with Crippen molar-refractivity contribution in [3.05, 3.63) is 95.0 Å². The van der Waals surface area contributed by atoms with Gasteiger partial charge in [0.1, 0.15) is 5.69 Å². The fourth-order valence-corrected chi connectivity index (χ4v) is 3.24. The van der Waals surface area contributed by atoms with Crippen molar-refractivity contribution in [3.8, 4) is 5.75 Å². The first-order valence-electron chi connectivity index (χ1n) is 9.32. The molecule has 4 aromatic rings. The van der Waals surface area contributed by atoms with Gasteiger partial charge in [-0.25, -0.2) is 0 Å². The van der Waals surface area contributed by atoms with Gasteiger partial charge in [0.2, 0.25) is 0 Å². The molecule has 0 saturated carbocycles. The zero-order valence-electron chi connectivity index (χ0n) is 16.1. The van der Waals surface area contributed by atoms with Crippen molar-refractivity contribution in [2.75, 3.05) is 5.32 Å². The van der Waals surface area contributed by atoms with Crippen LogP contribution >= 0.6 is 11.6 Å². The number of hydrogen-bond donors (Lipinski definition) is 2. The van der Waals surface area contributed by atoms with E-state index < -0.39 is 5.91 Å². The van der Waals surface area contributed by atoms with Gasteiger partial charge in [0, 0.05) is 16.1 Å². The number of benzene rings is 4. The van der Waals surface area contributed by atoms with E-state index in [4.69, 9.17) is 11.6 Å². The molecule has 0 atom stereocenters. The lowest BCUT2D eigenvalue weighted by Crippen LogP contribution is -2.12. The van der Waals surface area contributed by atoms with Crippen molar-refractivity contribution < 1.29 is 9.90 Å². The maximum atomic E-state index is 12.8. The zero-order valence-corrected chi connectivity index (χ0v) is 16.9. The second kappa shape index (κ2) is 8.35. The molecule has 2 N–H and O–H groups in total. The molecule has 0 saturated heterocycles. The number of fused-ring (bicyclic) bond motifs is 1. The molecule has 6 heteroatoms. The van der Waals surface area contributed by atoms with Crippen LogP contribution in [0.1, 0.15) is 15.9 Å². The highest BCUT2D eigenvalue weighted by Crippen LogP contribution is 2.39. The highest BCUT2D eigenvalue weighted by molar-refractivity contribution is 6.31. The third-order valence-electron chi connectivity index (χ3n) is 4.69. The molecule has 0 heterocycles. The van der Waals surface area contributed by atoms with Gasteiger partial charge in [0.25, 0.3) is 5.91 Å². The molecule has 0 unspecified atom stereocenters. The maximum absolute atomic E-state index is 12.8. The Hall–Kier alpha value is -3.70. The van der Waals surface area contributed by atoms with E-state index in [0.29, 0.717) is 21.8 Å². The molecule has 1 amide bonds. The Labute approximate surface area is 178 Å². The number of para-hydroxylation sites is 1. The molecule has 0 bridgehead atoms. The summed E-state index contributed by atoms with van der Waals surface area (Å²) in [7, 11) is 0. The summed E-state index contributed by atoms with van der Waals surface area (Å²) in [4.78, 5) is 12.8. The van der Waals surface area contributed by atoms with Gasteiger partial charge >= 0.3 is 0 Å². The largest absolute Gasteiger partial charge is 0.505 e. The summed E-state index contributed by atoms with van der Waals surface area (Å²) < 4.78 is 0. The van der Waals surface area contributed by atoms with Gasteiger partial charge in [0.05, 0.1) is 11.3 Å². The number of aromatic hydroxyl groups is 1. The van der Waals surface area contributed by atoms with Crippen molar-refractivity contribution in [1.82, 2.24) is 0 Å². The molecule has 0 spiro atoms. The number of halogens is 1. The van der Waals surface area contributed by atoms with Crippen LogP contribution in [0.3, 0.4) is 0 Å². The summed E-state index contributed by atoms with van der Waals surface area (Å²) in [5, 5.41) is 24.2. The predicted octanol–water partition coefficient (Wildman–Crippen LogP) is 7.17. The fourth-order valence-electron chi connectivity index (χ4n) is 3.06. The molecule has 5 nitrogen and oxygen atoms in total. The van der Waals surface area contributed by atoms with Crippen LogP contribution in [-0.4, -0.2) is 11.0 Å². The SMILES string of the molecule is Cc1ccc(N=Nc2c(O)c(C(=O)Nc3ccccc3)cc3ccccc23)cc1Cl. The molecule has 0 aliphatic heterocycles. The van der Waals surface area contributed by atoms with Crippen molar-refractivity contribution in [2.24, 2.45) is 10.2 Å². The summed E-state index contributed by atoms with van der Waals surface area (Å²) >= 11 is 6.16. The highest BCUT2D eigenvalue weighted by Gasteiger charge is 2.18. The van der Waals surface area contributed by atoms with E-state index in [1.807, 2.05) is 55.5 Å². The van der Waals surface area contributed by atoms with Gasteiger partial charge in [-0.1, -0.05) is 60.1 Å². The summed E-state index contributed by atoms with van der Waals surface area (Å²) in [5.41, 5.74) is 2.46. The van der Waals surface area contributed by atoms with E-state index in [-0.39, 0.29) is 17.0 Å². The number of nitrogens with zero attached hydrogens (tertiary/aromatic N) is 2. The van der Waals surface area contributed by atoms with Crippen LogP contribution in [0.4, 0.5) is 17.1 Å². The maximum Gasteiger partial charge on any atom is 0.259 e. The van der Waals surface area contributed by atoms with Gasteiger partial charge in [-0.2, -0.15) is 5.11 Å². The number of amides is 1. The van der Waals surface area contributed by atoms with E-state index in [1.165, 1.54) is 0 Å². The van der Waals surface area contributed by atoms with Gasteiger partial charge in [-0.15, -0.1) is 5.11 Å². The Kier molecular flexibility index (Phi) is 5.46. The third kappa shape index (κ3) is 4.02. The quantitative estimate of drug-likeness (QED) is 0.346. The summed E-state index contributed by atoms with van der Waals surface area (Å²) in [6, 6.07) is 23.4. The number of nitrogens with one attached hydrogen (secondary N) is 1. The standard InChI is InChI=1S/C24H18ClN3O2/c1-15-11-12-18(14-21(15)25)27-28-22-19-10-6-5-7-16(19)13-20(23(22)29)24(30)26-17-8-3-2-4-9-17/h2-14,29H,1H3,(H,26,30). The van der Waals surface area contributed by atoms with Crippen LogP contribution in [0.2, 0.25) is 5.02 Å². The minimum Gasteiger partial charge on any atom is -0.505 e. The number of hydrogen-bond acceptors (Lipinski definition) is 4. The molecule has 0 fully saturated rings. The number of phenolic OH excluding ortho intramolecular Hbond substituents is 1. The molecule has 4 aromatic carbocycles. The summed E-state index contributed by atoms with van der Waals surface area (Å²) in [5.74, 6) is -0.664. The van der Waals surface area contributed by atoms with E-state index in [9.17, 15) is 9.90 Å². The number of carbonyl (C=O) groups is 1. The highest BCUT2D eigenvalue weighted by atomic mass is 35.5. The molecule has 4 rings (SSSR count). The minimum absolute atomic E-state index is 0.119. The first kappa shape index (κ1) is 19.6. The first-order valence-corrected chi connectivity index (χ1v) is 9.70. The van der Waals surface area contributed by atoms with E-state index in [2.05, 4.69) is 15.5 Å². The lowest BCUT2D eigenvalue weighted by molar-refractivity contribution is 0.102. The Balaban J connectivity index is 1.78. The topological polar surface area (TPSA) is 74.0 Å². The lowest BCUT2D eigenvalue weighted by Gasteiger charge is -2.11. The predicted molar refractivity (Wildman–Crippen MR) is 120 cm³/mol. The van der Waals surface area contributed by atoms with E-state index >= 15 is 0 Å². The van der Waals surface area contributed by atoms with Crippen LogP contribution in [0.25, 0.3) is 10.8 Å². The van der Waals surface area contributed by atoms with Crippen molar-refractivity contribution in [1.29, 1.82) is 0 Å². The minimum atomic E-state index is -0.431. The molecule has 0 aliphatic carbocycles. The Bertz CT molecular complexity index is 1270. The van der Waals surface area contributed by atoms with Crippen LogP contribution in [0.15, 0.2) is 89.1 Å². The van der Waals surface area contributed by atoms with Crippen LogP contribution in [0.5, 0.6) is 5.75 Å². The Morgan fingerprint density at radius 1 is 0.933 bits per heavy atom. The number of phenols is 1. The molecule has 0 aromatic heterocycles. The van der Waals surface area contributed by atoms with Crippen LogP contribution in [-0.2, 0) is 0 Å². The Morgan fingerprint density at radius 2 is 1.67 bits per heavy atom. The smallest absolute Gasteiger partial charge is 0.259 e. The average Bonchev–Trinajstić information content (AvgIpc) is 2.75. The zero-order chi connectivity index (χ0) is 21.1. The lowest BCUT2D eigenvalue weighted by atomic mass is 10.0. The molecular formula is C24H18ClN3O2. The number of anilines is 1. The summed E-state index contributed by atoms with van der Waals surface area (Å²) in [6.45, 7) is 1.90. The third-order valence-corrected chi connectivity index (χ3v) is 5.10. The van der Waals surface area contributed by atoms with Crippen molar-refractivity contribution in [2.45, 2.75) is 6.92 Å². The first-order chi connectivity index (χ1) is 14.5. The van der Waals surface area contributed by atoms with Crippen molar-refractivity contribution >= 4 is 45.3 Å². The second-order valence-corrected chi connectivity index (χ2v) is 7.20. The van der Waals surface area contributed by atoms with Gasteiger partial charge in [-0.3, -0.25) is 4.79 Å². The molecule has 148 valence electrons. The molecule has 0 aliphatic rings. The van der Waals surface area contributed by atoms with Gasteiger partial charge in [0.15, 0.2) is 5.75 Å². The van der Waals surface area contributed by atoms with Crippen LogP contribution < -0.4 is 5.32 Å².